The standard InChI is InChI=1S/C11H22N2O3S/c1-3-13(4-2)11(14)8-17(15)10-7-16-6-5-9(10)12/h9-10H,3-8,12H2,1-2H3. The van der Waals surface area contributed by atoms with E-state index < -0.39 is 10.8 Å². The second-order valence-electron chi connectivity index (χ2n) is 4.16. The van der Waals surface area contributed by atoms with Gasteiger partial charge in [0.05, 0.1) is 11.9 Å². The fourth-order valence-electron chi connectivity index (χ4n) is 1.90. The predicted octanol–water partition coefficient (Wildman–Crippen LogP) is -0.280. The number of hydrogen-bond acceptors (Lipinski definition) is 4. The lowest BCUT2D eigenvalue weighted by Crippen LogP contribution is -2.47. The van der Waals surface area contributed by atoms with E-state index in [4.69, 9.17) is 10.5 Å². The first-order chi connectivity index (χ1) is 8.10. The van der Waals surface area contributed by atoms with Gasteiger partial charge in [0.25, 0.3) is 0 Å². The Hall–Kier alpha value is -0.460. The molecule has 1 rings (SSSR count). The van der Waals surface area contributed by atoms with Crippen molar-refractivity contribution < 1.29 is 13.7 Å². The van der Waals surface area contributed by atoms with E-state index in [9.17, 15) is 9.00 Å². The number of hydrogen-bond donors (Lipinski definition) is 1. The summed E-state index contributed by atoms with van der Waals surface area (Å²) < 4.78 is 17.3. The summed E-state index contributed by atoms with van der Waals surface area (Å²) in [5, 5.41) is -0.205. The molecule has 6 heteroatoms. The van der Waals surface area contributed by atoms with Gasteiger partial charge < -0.3 is 15.4 Å². The average molecular weight is 262 g/mol. The molecule has 1 fully saturated rings. The lowest BCUT2D eigenvalue weighted by molar-refractivity contribution is -0.128. The molecular formula is C11H22N2O3S. The van der Waals surface area contributed by atoms with Gasteiger partial charge in [0.15, 0.2) is 0 Å². The normalized spacial score (nSPS) is 26.5. The summed E-state index contributed by atoms with van der Waals surface area (Å²) in [7, 11) is -1.23. The molecule has 0 radical (unpaired) electrons. The number of carbonyl (C=O) groups is 1. The van der Waals surface area contributed by atoms with E-state index in [0.717, 1.165) is 6.42 Å². The van der Waals surface area contributed by atoms with Crippen LogP contribution in [0, 0.1) is 0 Å². The largest absolute Gasteiger partial charge is 0.380 e. The Balaban J connectivity index is 2.50. The van der Waals surface area contributed by atoms with Crippen molar-refractivity contribution in [1.82, 2.24) is 4.90 Å². The molecule has 0 aromatic heterocycles. The molecule has 0 aromatic carbocycles. The third kappa shape index (κ3) is 4.04. The van der Waals surface area contributed by atoms with E-state index in [2.05, 4.69) is 0 Å². The van der Waals surface area contributed by atoms with Crippen LogP contribution in [0.1, 0.15) is 20.3 Å². The minimum Gasteiger partial charge on any atom is -0.380 e. The summed E-state index contributed by atoms with van der Waals surface area (Å²) in [5.74, 6) is -0.00485. The molecule has 1 aliphatic rings. The van der Waals surface area contributed by atoms with E-state index in [1.165, 1.54) is 0 Å². The zero-order valence-electron chi connectivity index (χ0n) is 10.6. The molecule has 3 atom stereocenters. The van der Waals surface area contributed by atoms with Crippen molar-refractivity contribution in [2.75, 3.05) is 32.1 Å². The maximum Gasteiger partial charge on any atom is 0.235 e. The summed E-state index contributed by atoms with van der Waals surface area (Å²) in [6.07, 6.45) is 0.718. The third-order valence-electron chi connectivity index (χ3n) is 3.07. The number of ether oxygens (including phenoxy) is 1. The zero-order valence-corrected chi connectivity index (χ0v) is 11.4. The van der Waals surface area contributed by atoms with E-state index in [-0.39, 0.29) is 23.0 Å². The molecule has 0 bridgehead atoms. The minimum atomic E-state index is -1.23. The topological polar surface area (TPSA) is 72.6 Å². The van der Waals surface area contributed by atoms with E-state index in [0.29, 0.717) is 26.3 Å². The Labute approximate surface area is 105 Å². The van der Waals surface area contributed by atoms with Crippen LogP contribution in [0.5, 0.6) is 0 Å². The summed E-state index contributed by atoms with van der Waals surface area (Å²) in [6, 6.07) is -0.117. The number of carbonyl (C=O) groups excluding carboxylic acids is 1. The predicted molar refractivity (Wildman–Crippen MR) is 68.1 cm³/mol. The highest BCUT2D eigenvalue weighted by Crippen LogP contribution is 2.12. The highest BCUT2D eigenvalue weighted by molar-refractivity contribution is 7.86. The van der Waals surface area contributed by atoms with Crippen LogP contribution in [0.15, 0.2) is 0 Å². The van der Waals surface area contributed by atoms with Crippen molar-refractivity contribution >= 4 is 16.7 Å². The molecule has 1 heterocycles. The van der Waals surface area contributed by atoms with Gasteiger partial charge in [0.2, 0.25) is 5.91 Å². The quantitative estimate of drug-likeness (QED) is 0.739. The van der Waals surface area contributed by atoms with Crippen molar-refractivity contribution in [3.8, 4) is 0 Å². The lowest BCUT2D eigenvalue weighted by atomic mass is 10.1. The van der Waals surface area contributed by atoms with Gasteiger partial charge in [0, 0.05) is 36.5 Å². The zero-order chi connectivity index (χ0) is 12.8. The molecule has 17 heavy (non-hydrogen) atoms. The first-order valence-corrected chi connectivity index (χ1v) is 7.46. The number of amides is 1. The smallest absolute Gasteiger partial charge is 0.235 e. The molecule has 100 valence electrons. The highest BCUT2D eigenvalue weighted by Gasteiger charge is 2.29. The van der Waals surface area contributed by atoms with Crippen LogP contribution in [0.2, 0.25) is 0 Å². The first-order valence-electron chi connectivity index (χ1n) is 6.08. The van der Waals surface area contributed by atoms with E-state index >= 15 is 0 Å². The van der Waals surface area contributed by atoms with Crippen LogP contribution in [0.3, 0.4) is 0 Å². The van der Waals surface area contributed by atoms with Gasteiger partial charge >= 0.3 is 0 Å². The van der Waals surface area contributed by atoms with Crippen molar-refractivity contribution in [1.29, 1.82) is 0 Å². The summed E-state index contributed by atoms with van der Waals surface area (Å²) in [4.78, 5) is 13.5. The Kier molecular flexibility index (Phi) is 6.08. The molecule has 0 saturated carbocycles. The van der Waals surface area contributed by atoms with E-state index in [1.807, 2.05) is 13.8 Å². The number of nitrogens with two attached hydrogens (primary N) is 1. The molecule has 3 unspecified atom stereocenters. The van der Waals surface area contributed by atoms with Gasteiger partial charge in [-0.25, -0.2) is 0 Å². The van der Waals surface area contributed by atoms with Crippen LogP contribution in [0.25, 0.3) is 0 Å². The van der Waals surface area contributed by atoms with Crippen LogP contribution < -0.4 is 5.73 Å². The maximum absolute atomic E-state index is 12.1. The fraction of sp³-hybridized carbons (Fsp3) is 0.909. The van der Waals surface area contributed by atoms with Crippen molar-refractivity contribution in [3.63, 3.8) is 0 Å². The Morgan fingerprint density at radius 3 is 2.65 bits per heavy atom. The first kappa shape index (κ1) is 14.6. The number of nitrogens with zero attached hydrogens (tertiary/aromatic N) is 1. The summed E-state index contributed by atoms with van der Waals surface area (Å²) in [6.45, 7) is 6.16. The molecule has 0 aromatic rings. The molecule has 0 aliphatic carbocycles. The Morgan fingerprint density at radius 2 is 2.12 bits per heavy atom. The van der Waals surface area contributed by atoms with Crippen molar-refractivity contribution in [3.05, 3.63) is 0 Å². The Morgan fingerprint density at radius 1 is 1.47 bits per heavy atom. The molecule has 0 spiro atoms. The monoisotopic (exact) mass is 262 g/mol. The van der Waals surface area contributed by atoms with Gasteiger partial charge in [0.1, 0.15) is 5.75 Å². The number of rotatable bonds is 5. The molecule has 5 nitrogen and oxygen atoms in total. The molecular weight excluding hydrogens is 240 g/mol. The van der Waals surface area contributed by atoms with Gasteiger partial charge in [-0.3, -0.25) is 9.00 Å². The lowest BCUT2D eigenvalue weighted by Gasteiger charge is -2.28. The summed E-state index contributed by atoms with van der Waals surface area (Å²) in [5.41, 5.74) is 5.90. The maximum atomic E-state index is 12.1. The van der Waals surface area contributed by atoms with Gasteiger partial charge in [-0.05, 0) is 20.3 Å². The van der Waals surface area contributed by atoms with Gasteiger partial charge in [-0.2, -0.15) is 0 Å². The fourth-order valence-corrected chi connectivity index (χ4v) is 3.31. The Bertz CT molecular complexity index is 282. The minimum absolute atomic E-state index is 0.0589. The summed E-state index contributed by atoms with van der Waals surface area (Å²) >= 11 is 0. The molecule has 2 N–H and O–H groups in total. The van der Waals surface area contributed by atoms with Crippen molar-refractivity contribution in [2.24, 2.45) is 5.73 Å². The van der Waals surface area contributed by atoms with Crippen LogP contribution in [-0.2, 0) is 20.3 Å². The van der Waals surface area contributed by atoms with Gasteiger partial charge in [-0.1, -0.05) is 0 Å². The second-order valence-corrected chi connectivity index (χ2v) is 5.81. The molecule has 1 saturated heterocycles. The third-order valence-corrected chi connectivity index (χ3v) is 4.77. The highest BCUT2D eigenvalue weighted by atomic mass is 32.2. The molecule has 1 aliphatic heterocycles. The van der Waals surface area contributed by atoms with Crippen LogP contribution in [0.4, 0.5) is 0 Å². The van der Waals surface area contributed by atoms with Crippen molar-refractivity contribution in [2.45, 2.75) is 31.6 Å². The van der Waals surface area contributed by atoms with Gasteiger partial charge in [-0.15, -0.1) is 0 Å². The average Bonchev–Trinajstić information content (AvgIpc) is 2.31. The van der Waals surface area contributed by atoms with Crippen LogP contribution >= 0.6 is 0 Å². The van der Waals surface area contributed by atoms with Crippen LogP contribution in [-0.4, -0.2) is 58.4 Å². The second kappa shape index (κ2) is 7.08. The molecule has 1 amide bonds. The van der Waals surface area contributed by atoms with E-state index in [1.54, 1.807) is 4.90 Å². The SMILES string of the molecule is CCN(CC)C(=O)CS(=O)C1COCCC1N.